The van der Waals surface area contributed by atoms with Crippen LogP contribution in [0.3, 0.4) is 0 Å². The van der Waals surface area contributed by atoms with E-state index < -0.39 is 0 Å². The molecule has 0 aliphatic rings. The highest BCUT2D eigenvalue weighted by Gasteiger charge is 1.82. The maximum Gasteiger partial charge on any atom is -0.0288 e. The van der Waals surface area contributed by atoms with Crippen molar-refractivity contribution < 1.29 is 0 Å². The summed E-state index contributed by atoms with van der Waals surface area (Å²) in [6.07, 6.45) is 10.4. The molecule has 0 bridgehead atoms. The number of rotatable bonds is 4. The summed E-state index contributed by atoms with van der Waals surface area (Å²) in [5, 5.41) is 0. The molecule has 0 rings (SSSR count). The summed E-state index contributed by atoms with van der Waals surface area (Å²) in [6, 6.07) is 0. The minimum Gasteiger partial charge on any atom is -0.0888 e. The van der Waals surface area contributed by atoms with Gasteiger partial charge in [-0.3, -0.25) is 0 Å². The molecule has 0 heteroatoms. The summed E-state index contributed by atoms with van der Waals surface area (Å²) in [4.78, 5) is 0. The van der Waals surface area contributed by atoms with Crippen LogP contribution in [0, 0.1) is 5.92 Å². The van der Waals surface area contributed by atoms with Crippen molar-refractivity contribution in [2.24, 2.45) is 5.92 Å². The van der Waals surface area contributed by atoms with Gasteiger partial charge in [-0.2, -0.15) is 0 Å². The van der Waals surface area contributed by atoms with Gasteiger partial charge >= 0.3 is 0 Å². The van der Waals surface area contributed by atoms with Gasteiger partial charge in [0.2, 0.25) is 0 Å². The lowest BCUT2D eigenvalue weighted by molar-refractivity contribution is 0.822. The Balaban J connectivity index is -0.000000183. The van der Waals surface area contributed by atoms with E-state index in [0.29, 0.717) is 5.92 Å². The molecule has 0 saturated carbocycles. The van der Waals surface area contributed by atoms with Crippen LogP contribution in [-0.4, -0.2) is 0 Å². The molecular formula is C16H34. The molecule has 0 aromatic carbocycles. The average molecular weight is 226 g/mol. The molecule has 0 atom stereocenters. The summed E-state index contributed by atoms with van der Waals surface area (Å²) >= 11 is 0. The summed E-state index contributed by atoms with van der Waals surface area (Å²) in [7, 11) is 0. The van der Waals surface area contributed by atoms with Crippen LogP contribution < -0.4 is 0 Å². The zero-order valence-electron chi connectivity index (χ0n) is 12.9. The number of allylic oxidation sites excluding steroid dienone is 4. The van der Waals surface area contributed by atoms with Gasteiger partial charge < -0.3 is 0 Å². The fourth-order valence-electron chi connectivity index (χ4n) is 1.12. The van der Waals surface area contributed by atoms with Gasteiger partial charge in [-0.25, -0.2) is 0 Å². The first kappa shape index (κ1) is 20.8. The van der Waals surface area contributed by atoms with E-state index in [9.17, 15) is 0 Å². The molecule has 0 fully saturated rings. The zero-order valence-corrected chi connectivity index (χ0v) is 12.9. The molecule has 98 valence electrons. The number of hydrogen-bond donors (Lipinski definition) is 0. The average Bonchev–Trinajstić information content (AvgIpc) is 2.20. The van der Waals surface area contributed by atoms with Crippen molar-refractivity contribution in [3.05, 3.63) is 23.8 Å². The molecule has 0 aliphatic carbocycles. The van der Waals surface area contributed by atoms with E-state index in [1.54, 1.807) is 0 Å². The Hall–Kier alpha value is -0.520. The van der Waals surface area contributed by atoms with Gasteiger partial charge in [-0.15, -0.1) is 0 Å². The molecule has 0 N–H and O–H groups in total. The van der Waals surface area contributed by atoms with Crippen molar-refractivity contribution >= 4 is 0 Å². The molecule has 0 amide bonds. The first-order chi connectivity index (χ1) is 7.54. The topological polar surface area (TPSA) is 0 Å². The van der Waals surface area contributed by atoms with Gasteiger partial charge in [0.25, 0.3) is 0 Å². The molecule has 0 spiro atoms. The largest absolute Gasteiger partial charge is 0.0888 e. The van der Waals surface area contributed by atoms with Crippen LogP contribution >= 0.6 is 0 Å². The lowest BCUT2D eigenvalue weighted by atomic mass is 10.1. The fraction of sp³-hybridized carbons (Fsp3) is 0.750. The van der Waals surface area contributed by atoms with Gasteiger partial charge in [-0.05, 0) is 32.6 Å². The molecule has 0 aliphatic heterocycles. The molecule has 0 unspecified atom stereocenters. The Labute approximate surface area is 105 Å². The van der Waals surface area contributed by atoms with Crippen LogP contribution in [-0.2, 0) is 0 Å². The highest BCUT2D eigenvalue weighted by Crippen LogP contribution is 1.98. The Morgan fingerprint density at radius 2 is 1.50 bits per heavy atom. The highest BCUT2D eigenvalue weighted by atomic mass is 13.9. The van der Waals surface area contributed by atoms with Crippen LogP contribution in [0.15, 0.2) is 23.8 Å². The van der Waals surface area contributed by atoms with Gasteiger partial charge in [0, 0.05) is 0 Å². The summed E-state index contributed by atoms with van der Waals surface area (Å²) in [5.41, 5.74) is 1.41. The highest BCUT2D eigenvalue weighted by molar-refractivity contribution is 4.94. The molecule has 0 nitrogen and oxygen atoms in total. The minimum absolute atomic E-state index is 0.713. The van der Waals surface area contributed by atoms with Crippen molar-refractivity contribution in [2.75, 3.05) is 0 Å². The van der Waals surface area contributed by atoms with Gasteiger partial charge in [0.15, 0.2) is 0 Å². The third-order valence-corrected chi connectivity index (χ3v) is 1.52. The molecule has 0 aromatic heterocycles. The molecule has 0 radical (unpaired) electrons. The van der Waals surface area contributed by atoms with Crippen molar-refractivity contribution in [2.45, 2.75) is 74.7 Å². The Kier molecular flexibility index (Phi) is 26.0. The Bertz CT molecular complexity index is 145. The molecular weight excluding hydrogens is 192 g/mol. The van der Waals surface area contributed by atoms with Crippen LogP contribution in [0.4, 0.5) is 0 Å². The molecule has 0 aromatic rings. The van der Waals surface area contributed by atoms with Gasteiger partial charge in [0.1, 0.15) is 0 Å². The second-order valence-corrected chi connectivity index (χ2v) is 4.16. The first-order valence-electron chi connectivity index (χ1n) is 6.84. The third-order valence-electron chi connectivity index (χ3n) is 1.52. The van der Waals surface area contributed by atoms with E-state index in [1.165, 1.54) is 24.8 Å². The van der Waals surface area contributed by atoms with E-state index in [2.05, 4.69) is 59.8 Å². The standard InChI is InChI=1S/2C7H14.C2H6/c1-6(2)5-7(3)4;1-3-5-7-6-4-2;1-2/h5-6H,1-4H3;5,7H,3-4,6H2,1-2H3;1-2H3. The van der Waals surface area contributed by atoms with E-state index in [0.717, 1.165) is 0 Å². The molecule has 0 heterocycles. The lowest BCUT2D eigenvalue weighted by Gasteiger charge is -1.93. The molecule has 0 saturated heterocycles. The summed E-state index contributed by atoms with van der Waals surface area (Å²) in [6.45, 7) is 17.0. The maximum atomic E-state index is 2.25. The second-order valence-electron chi connectivity index (χ2n) is 4.16. The van der Waals surface area contributed by atoms with E-state index in [1.807, 2.05) is 13.8 Å². The third kappa shape index (κ3) is 37.5. The van der Waals surface area contributed by atoms with Crippen molar-refractivity contribution in [1.82, 2.24) is 0 Å². The van der Waals surface area contributed by atoms with Crippen LogP contribution in [0.2, 0.25) is 0 Å². The predicted molar refractivity (Wildman–Crippen MR) is 80.0 cm³/mol. The molecule has 16 heavy (non-hydrogen) atoms. The van der Waals surface area contributed by atoms with Crippen molar-refractivity contribution in [1.29, 1.82) is 0 Å². The quantitative estimate of drug-likeness (QED) is 0.487. The summed E-state index contributed by atoms with van der Waals surface area (Å²) in [5.74, 6) is 0.713. The van der Waals surface area contributed by atoms with E-state index in [4.69, 9.17) is 0 Å². The monoisotopic (exact) mass is 226 g/mol. The summed E-state index contributed by atoms with van der Waals surface area (Å²) < 4.78 is 0. The number of unbranched alkanes of at least 4 members (excludes halogenated alkanes) is 1. The zero-order chi connectivity index (χ0) is 13.4. The normalized spacial score (nSPS) is 9.06. The Morgan fingerprint density at radius 1 is 1.00 bits per heavy atom. The fourth-order valence-corrected chi connectivity index (χ4v) is 1.12. The predicted octanol–water partition coefficient (Wildman–Crippen LogP) is 6.39. The maximum absolute atomic E-state index is 2.25. The SMILES string of the molecule is CC.CC(C)=CC(C)C.CCC=CCCC. The van der Waals surface area contributed by atoms with Crippen LogP contribution in [0.5, 0.6) is 0 Å². The Morgan fingerprint density at radius 3 is 1.69 bits per heavy atom. The number of hydrogen-bond acceptors (Lipinski definition) is 0. The lowest BCUT2D eigenvalue weighted by Crippen LogP contribution is -1.77. The van der Waals surface area contributed by atoms with Crippen LogP contribution in [0.25, 0.3) is 0 Å². The smallest absolute Gasteiger partial charge is 0.0288 e. The van der Waals surface area contributed by atoms with Crippen molar-refractivity contribution in [3.8, 4) is 0 Å². The van der Waals surface area contributed by atoms with Gasteiger partial charge in [0.05, 0.1) is 0 Å². The second kappa shape index (κ2) is 20.0. The van der Waals surface area contributed by atoms with Crippen LogP contribution in [0.1, 0.15) is 74.7 Å². The minimum atomic E-state index is 0.713. The van der Waals surface area contributed by atoms with E-state index in [-0.39, 0.29) is 0 Å². The first-order valence-corrected chi connectivity index (χ1v) is 6.84. The van der Waals surface area contributed by atoms with Crippen molar-refractivity contribution in [3.63, 3.8) is 0 Å². The van der Waals surface area contributed by atoms with E-state index >= 15 is 0 Å². The van der Waals surface area contributed by atoms with Gasteiger partial charge in [-0.1, -0.05) is 71.8 Å².